The Kier molecular flexibility index (Phi) is 4.89. The zero-order chi connectivity index (χ0) is 12.1. The minimum absolute atomic E-state index is 0.0209. The molecule has 5 heteroatoms. The number of carboxylic acids is 1. The van der Waals surface area contributed by atoms with Crippen molar-refractivity contribution >= 4 is 11.8 Å². The summed E-state index contributed by atoms with van der Waals surface area (Å²) in [5.74, 6) is -0.654. The van der Waals surface area contributed by atoms with E-state index in [2.05, 4.69) is 0 Å². The molecule has 92 valence electrons. The molecule has 1 heterocycles. The van der Waals surface area contributed by atoms with Crippen molar-refractivity contribution in [3.05, 3.63) is 0 Å². The van der Waals surface area contributed by atoms with Gasteiger partial charge in [-0.1, -0.05) is 6.92 Å². The van der Waals surface area contributed by atoms with Crippen molar-refractivity contribution in [2.45, 2.75) is 25.8 Å². The lowest BCUT2D eigenvalue weighted by Gasteiger charge is -2.34. The predicted molar refractivity (Wildman–Crippen MR) is 58.3 cm³/mol. The Bertz CT molecular complexity index is 267. The van der Waals surface area contributed by atoms with Gasteiger partial charge in [0.15, 0.2) is 0 Å². The number of Topliss-reactive ketones (excluding diaryl/α,β-unsaturated/α-hetero) is 1. The number of likely N-dealkylation sites (tertiary alicyclic amines) is 1. The van der Waals surface area contributed by atoms with Crippen molar-refractivity contribution in [1.82, 2.24) is 4.90 Å². The maximum atomic E-state index is 11.5. The molecule has 2 atom stereocenters. The molecule has 16 heavy (non-hydrogen) atoms. The summed E-state index contributed by atoms with van der Waals surface area (Å²) in [7, 11) is 1.49. The summed E-state index contributed by atoms with van der Waals surface area (Å²) in [5, 5.41) is 9.07. The molecule has 0 radical (unpaired) electrons. The van der Waals surface area contributed by atoms with Gasteiger partial charge in [0.2, 0.25) is 0 Å². The summed E-state index contributed by atoms with van der Waals surface area (Å²) in [6.07, 6.45) is 1.22. The molecule has 5 nitrogen and oxygen atoms in total. The summed E-state index contributed by atoms with van der Waals surface area (Å²) in [4.78, 5) is 24.4. The average molecular weight is 229 g/mol. The summed E-state index contributed by atoms with van der Waals surface area (Å²) in [5.41, 5.74) is 0. The molecule has 0 spiro atoms. The third kappa shape index (κ3) is 3.02. The molecule has 2 unspecified atom stereocenters. The van der Waals surface area contributed by atoms with Crippen LogP contribution in [0.1, 0.15) is 19.8 Å². The monoisotopic (exact) mass is 229 g/mol. The second-order valence-corrected chi connectivity index (χ2v) is 4.13. The van der Waals surface area contributed by atoms with E-state index in [1.807, 2.05) is 11.8 Å². The first-order valence-electron chi connectivity index (χ1n) is 5.58. The maximum Gasteiger partial charge on any atom is 0.323 e. The smallest absolute Gasteiger partial charge is 0.323 e. The highest BCUT2D eigenvalue weighted by Gasteiger charge is 2.33. The van der Waals surface area contributed by atoms with Gasteiger partial charge in [-0.3, -0.25) is 14.5 Å². The topological polar surface area (TPSA) is 66.8 Å². The SMILES string of the molecule is CCC1CN(C(COC)C(=O)O)CCC1=O. The molecule has 0 aromatic rings. The van der Waals surface area contributed by atoms with Crippen molar-refractivity contribution in [2.24, 2.45) is 5.92 Å². The van der Waals surface area contributed by atoms with Gasteiger partial charge in [0.1, 0.15) is 11.8 Å². The number of rotatable bonds is 5. The Morgan fingerprint density at radius 1 is 1.69 bits per heavy atom. The lowest BCUT2D eigenvalue weighted by molar-refractivity contribution is -0.148. The van der Waals surface area contributed by atoms with E-state index in [9.17, 15) is 9.59 Å². The van der Waals surface area contributed by atoms with Gasteiger partial charge >= 0.3 is 5.97 Å². The van der Waals surface area contributed by atoms with Crippen LogP contribution in [0.4, 0.5) is 0 Å². The average Bonchev–Trinajstić information content (AvgIpc) is 2.26. The molecule has 1 saturated heterocycles. The Morgan fingerprint density at radius 2 is 2.38 bits per heavy atom. The Morgan fingerprint density at radius 3 is 2.88 bits per heavy atom. The molecule has 1 aliphatic heterocycles. The number of carbonyl (C=O) groups is 2. The number of hydrogen-bond acceptors (Lipinski definition) is 4. The van der Waals surface area contributed by atoms with E-state index in [-0.39, 0.29) is 18.3 Å². The number of ether oxygens (including phenoxy) is 1. The zero-order valence-corrected chi connectivity index (χ0v) is 9.81. The van der Waals surface area contributed by atoms with E-state index >= 15 is 0 Å². The Balaban J connectivity index is 2.64. The fourth-order valence-electron chi connectivity index (χ4n) is 2.06. The van der Waals surface area contributed by atoms with Crippen molar-refractivity contribution in [3.8, 4) is 0 Å². The first-order valence-corrected chi connectivity index (χ1v) is 5.58. The third-order valence-electron chi connectivity index (χ3n) is 3.10. The Hall–Kier alpha value is -0.940. The fourth-order valence-corrected chi connectivity index (χ4v) is 2.06. The number of methoxy groups -OCH3 is 1. The Labute approximate surface area is 95.4 Å². The van der Waals surface area contributed by atoms with Crippen LogP contribution in [-0.2, 0) is 14.3 Å². The molecule has 1 aliphatic rings. The standard InChI is InChI=1S/C11H19NO4/c1-3-8-6-12(5-4-10(8)13)9(7-16-2)11(14)15/h8-9H,3-7H2,1-2H3,(H,14,15). The van der Waals surface area contributed by atoms with Crippen LogP contribution < -0.4 is 0 Å². The number of carboxylic acid groups (broad SMARTS) is 1. The number of ketones is 1. The number of carbonyl (C=O) groups excluding carboxylic acids is 1. The van der Waals surface area contributed by atoms with Gasteiger partial charge < -0.3 is 9.84 Å². The van der Waals surface area contributed by atoms with Crippen LogP contribution in [0.3, 0.4) is 0 Å². The van der Waals surface area contributed by atoms with Crippen LogP contribution >= 0.6 is 0 Å². The van der Waals surface area contributed by atoms with Gasteiger partial charge in [0.05, 0.1) is 6.61 Å². The van der Waals surface area contributed by atoms with E-state index < -0.39 is 12.0 Å². The van der Waals surface area contributed by atoms with E-state index in [0.29, 0.717) is 19.5 Å². The minimum Gasteiger partial charge on any atom is -0.480 e. The fraction of sp³-hybridized carbons (Fsp3) is 0.818. The lowest BCUT2D eigenvalue weighted by atomic mass is 9.93. The molecule has 1 N–H and O–H groups in total. The lowest BCUT2D eigenvalue weighted by Crippen LogP contribution is -2.51. The van der Waals surface area contributed by atoms with E-state index in [0.717, 1.165) is 6.42 Å². The van der Waals surface area contributed by atoms with Gasteiger partial charge in [-0.15, -0.1) is 0 Å². The van der Waals surface area contributed by atoms with Crippen LogP contribution in [0.25, 0.3) is 0 Å². The third-order valence-corrected chi connectivity index (χ3v) is 3.10. The van der Waals surface area contributed by atoms with Crippen molar-refractivity contribution < 1.29 is 19.4 Å². The molecule has 0 bridgehead atoms. The number of nitrogens with zero attached hydrogens (tertiary/aromatic N) is 1. The largest absolute Gasteiger partial charge is 0.480 e. The van der Waals surface area contributed by atoms with E-state index in [1.54, 1.807) is 0 Å². The molecule has 0 amide bonds. The van der Waals surface area contributed by atoms with Crippen LogP contribution in [-0.4, -0.2) is 54.6 Å². The van der Waals surface area contributed by atoms with Crippen LogP contribution in [0, 0.1) is 5.92 Å². The van der Waals surface area contributed by atoms with Gasteiger partial charge in [-0.25, -0.2) is 0 Å². The molecular weight excluding hydrogens is 210 g/mol. The van der Waals surface area contributed by atoms with Crippen LogP contribution in [0.5, 0.6) is 0 Å². The summed E-state index contributed by atoms with van der Waals surface area (Å²) >= 11 is 0. The highest BCUT2D eigenvalue weighted by atomic mass is 16.5. The molecular formula is C11H19NO4. The molecule has 0 saturated carbocycles. The highest BCUT2D eigenvalue weighted by molar-refractivity contribution is 5.82. The van der Waals surface area contributed by atoms with Crippen LogP contribution in [0.15, 0.2) is 0 Å². The van der Waals surface area contributed by atoms with Crippen molar-refractivity contribution in [2.75, 3.05) is 26.8 Å². The summed E-state index contributed by atoms with van der Waals surface area (Å²) in [6, 6.07) is -0.632. The normalized spacial score (nSPS) is 24.4. The van der Waals surface area contributed by atoms with Crippen LogP contribution in [0.2, 0.25) is 0 Å². The molecule has 0 aliphatic carbocycles. The first-order chi connectivity index (χ1) is 7.60. The molecule has 0 aromatic heterocycles. The second-order valence-electron chi connectivity index (χ2n) is 4.13. The highest BCUT2D eigenvalue weighted by Crippen LogP contribution is 2.18. The molecule has 1 rings (SSSR count). The number of piperidine rings is 1. The maximum absolute atomic E-state index is 11.5. The number of aliphatic carboxylic acids is 1. The summed E-state index contributed by atoms with van der Waals surface area (Å²) in [6.45, 7) is 3.18. The van der Waals surface area contributed by atoms with Gasteiger partial charge in [0, 0.05) is 32.5 Å². The molecule has 0 aromatic carbocycles. The predicted octanol–water partition coefficient (Wildman–Crippen LogP) is 0.387. The van der Waals surface area contributed by atoms with Crippen molar-refractivity contribution in [1.29, 1.82) is 0 Å². The zero-order valence-electron chi connectivity index (χ0n) is 9.81. The van der Waals surface area contributed by atoms with E-state index in [4.69, 9.17) is 9.84 Å². The van der Waals surface area contributed by atoms with E-state index in [1.165, 1.54) is 7.11 Å². The van der Waals surface area contributed by atoms with Gasteiger partial charge in [-0.05, 0) is 6.42 Å². The van der Waals surface area contributed by atoms with Crippen molar-refractivity contribution in [3.63, 3.8) is 0 Å². The second kappa shape index (κ2) is 5.96. The first kappa shape index (κ1) is 13.1. The van der Waals surface area contributed by atoms with Gasteiger partial charge in [-0.2, -0.15) is 0 Å². The molecule has 1 fully saturated rings. The summed E-state index contributed by atoms with van der Waals surface area (Å²) < 4.78 is 4.91. The minimum atomic E-state index is -0.883. The number of hydrogen-bond donors (Lipinski definition) is 1. The van der Waals surface area contributed by atoms with Gasteiger partial charge in [0.25, 0.3) is 0 Å². The quantitative estimate of drug-likeness (QED) is 0.738.